The van der Waals surface area contributed by atoms with Crippen LogP contribution in [-0.4, -0.2) is 53.1 Å². The highest BCUT2D eigenvalue weighted by atomic mass is 19.4. The molecule has 178 valence electrons. The van der Waals surface area contributed by atoms with Gasteiger partial charge >= 0.3 is 6.18 Å². The van der Waals surface area contributed by atoms with E-state index >= 15 is 0 Å². The zero-order valence-electron chi connectivity index (χ0n) is 18.7. The third-order valence-corrected chi connectivity index (χ3v) is 5.69. The Balaban J connectivity index is 1.64. The average molecular weight is 456 g/mol. The highest BCUT2D eigenvalue weighted by Gasteiger charge is 2.42. The number of hydrogen-bond acceptors (Lipinski definition) is 6. The molecule has 0 saturated carbocycles. The molecule has 2 N–H and O–H groups in total. The summed E-state index contributed by atoms with van der Waals surface area (Å²) in [5.41, 5.74) is 0.0000707. The van der Waals surface area contributed by atoms with Crippen LogP contribution in [0.2, 0.25) is 0 Å². The number of halogens is 3. The molecule has 1 aromatic rings. The van der Waals surface area contributed by atoms with Crippen molar-refractivity contribution in [1.29, 1.82) is 0 Å². The topological polar surface area (TPSA) is 79.4 Å². The summed E-state index contributed by atoms with van der Waals surface area (Å²) < 4.78 is 45.8. The number of likely N-dealkylation sites (tertiary alicyclic amines) is 1. The zero-order chi connectivity index (χ0) is 23.1. The number of nitrogens with zero attached hydrogens (tertiary/aromatic N) is 3. The van der Waals surface area contributed by atoms with E-state index in [2.05, 4.69) is 27.5 Å². The lowest BCUT2D eigenvalue weighted by Gasteiger charge is -2.24. The van der Waals surface area contributed by atoms with Gasteiger partial charge in [0.25, 0.3) is 0 Å². The maximum absolute atomic E-state index is 13.5. The molecule has 0 spiro atoms. The van der Waals surface area contributed by atoms with E-state index in [0.29, 0.717) is 26.2 Å². The standard InChI is InChI=1S/C22H32F3N5O2/c1-3-5-8-16(7-4-2)28-21-27-12-18(22(23,24)25)19(29-21)26-9-6-10-30-17-11-15(20(30)31)13-32-14-17/h8,12,15,17H,3-7,9-11,13-14H2,1-2H3,(H2,26,27,28,29)/b16-8+. The van der Waals surface area contributed by atoms with E-state index in [0.717, 1.165) is 44.0 Å². The lowest BCUT2D eigenvalue weighted by atomic mass is 10.0. The molecule has 2 saturated heterocycles. The molecule has 7 nitrogen and oxygen atoms in total. The number of carbonyl (C=O) groups excluding carboxylic acids is 1. The van der Waals surface area contributed by atoms with Crippen LogP contribution >= 0.6 is 0 Å². The largest absolute Gasteiger partial charge is 0.421 e. The number of carbonyl (C=O) groups is 1. The number of ether oxygens (including phenoxy) is 1. The van der Waals surface area contributed by atoms with Gasteiger partial charge in [-0.15, -0.1) is 0 Å². The van der Waals surface area contributed by atoms with Gasteiger partial charge in [-0.05, 0) is 25.7 Å². The second kappa shape index (κ2) is 11.0. The highest BCUT2D eigenvalue weighted by molar-refractivity contribution is 5.82. The van der Waals surface area contributed by atoms with Crippen LogP contribution in [0.15, 0.2) is 18.0 Å². The predicted octanol–water partition coefficient (Wildman–Crippen LogP) is 4.44. The molecule has 3 heterocycles. The van der Waals surface area contributed by atoms with E-state index in [-0.39, 0.29) is 36.2 Å². The van der Waals surface area contributed by atoms with Gasteiger partial charge in [0.1, 0.15) is 11.4 Å². The molecule has 32 heavy (non-hydrogen) atoms. The fraction of sp³-hybridized carbons (Fsp3) is 0.682. The van der Waals surface area contributed by atoms with Gasteiger partial charge in [0.05, 0.1) is 25.2 Å². The van der Waals surface area contributed by atoms with Crippen LogP contribution in [0.4, 0.5) is 24.9 Å². The maximum atomic E-state index is 13.5. The molecule has 0 aliphatic carbocycles. The number of anilines is 2. The Morgan fingerprint density at radius 2 is 2.12 bits per heavy atom. The van der Waals surface area contributed by atoms with Crippen molar-refractivity contribution in [2.24, 2.45) is 5.92 Å². The van der Waals surface area contributed by atoms with Crippen molar-refractivity contribution >= 4 is 17.7 Å². The Hall–Kier alpha value is -2.36. The fourth-order valence-corrected chi connectivity index (χ4v) is 4.09. The van der Waals surface area contributed by atoms with Crippen LogP contribution in [0.1, 0.15) is 57.9 Å². The van der Waals surface area contributed by atoms with E-state index in [1.807, 2.05) is 13.0 Å². The van der Waals surface area contributed by atoms with Crippen LogP contribution in [0.3, 0.4) is 0 Å². The SMILES string of the molecule is CCC/C=C(\CCC)Nc1ncc(C(F)(F)F)c(NCCCN2C(=O)C3COCC2C3)n1. The van der Waals surface area contributed by atoms with Crippen molar-refractivity contribution in [3.05, 3.63) is 23.5 Å². The third kappa shape index (κ3) is 6.11. The molecule has 0 aromatic carbocycles. The van der Waals surface area contributed by atoms with Gasteiger partial charge < -0.3 is 20.3 Å². The van der Waals surface area contributed by atoms with Gasteiger partial charge in [0.15, 0.2) is 0 Å². The monoisotopic (exact) mass is 455 g/mol. The van der Waals surface area contributed by atoms with E-state index < -0.39 is 11.7 Å². The third-order valence-electron chi connectivity index (χ3n) is 5.69. The lowest BCUT2D eigenvalue weighted by Crippen LogP contribution is -2.36. The number of allylic oxidation sites excluding steroid dienone is 2. The number of nitrogens with one attached hydrogen (secondary N) is 2. The second-order valence-corrected chi connectivity index (χ2v) is 8.28. The summed E-state index contributed by atoms with van der Waals surface area (Å²) in [4.78, 5) is 22.1. The van der Waals surface area contributed by atoms with E-state index in [1.165, 1.54) is 0 Å². The highest BCUT2D eigenvalue weighted by Crippen LogP contribution is 2.34. The smallest absolute Gasteiger partial charge is 0.378 e. The first kappa shape index (κ1) is 24.3. The minimum atomic E-state index is -4.56. The summed E-state index contributed by atoms with van der Waals surface area (Å²) in [5.74, 6) is -0.112. The van der Waals surface area contributed by atoms with Crippen molar-refractivity contribution in [3.63, 3.8) is 0 Å². The van der Waals surface area contributed by atoms with E-state index in [9.17, 15) is 18.0 Å². The molecule has 0 radical (unpaired) electrons. The van der Waals surface area contributed by atoms with Gasteiger partial charge in [-0.1, -0.05) is 32.8 Å². The molecule has 1 aromatic heterocycles. The Bertz CT molecular complexity index is 815. The lowest BCUT2D eigenvalue weighted by molar-refractivity contribution is -0.137. The Morgan fingerprint density at radius 1 is 1.31 bits per heavy atom. The molecule has 2 bridgehead atoms. The minimum absolute atomic E-state index is 0.0767. The van der Waals surface area contributed by atoms with Crippen molar-refractivity contribution in [2.75, 3.05) is 36.9 Å². The Morgan fingerprint density at radius 3 is 2.81 bits per heavy atom. The zero-order valence-corrected chi connectivity index (χ0v) is 18.7. The van der Waals surface area contributed by atoms with Crippen LogP contribution in [0.5, 0.6) is 0 Å². The molecule has 1 amide bonds. The fourth-order valence-electron chi connectivity index (χ4n) is 4.09. The van der Waals surface area contributed by atoms with Crippen molar-refractivity contribution in [3.8, 4) is 0 Å². The molecule has 2 aliphatic rings. The predicted molar refractivity (Wildman–Crippen MR) is 116 cm³/mol. The van der Waals surface area contributed by atoms with Crippen LogP contribution in [0.25, 0.3) is 0 Å². The van der Waals surface area contributed by atoms with Gasteiger partial charge in [-0.2, -0.15) is 18.2 Å². The van der Waals surface area contributed by atoms with Gasteiger partial charge in [0, 0.05) is 25.0 Å². The molecular formula is C22H32F3N5O2. The van der Waals surface area contributed by atoms with Crippen molar-refractivity contribution in [1.82, 2.24) is 14.9 Å². The first-order valence-electron chi connectivity index (χ1n) is 11.4. The number of fused-ring (bicyclic) bond motifs is 2. The maximum Gasteiger partial charge on any atom is 0.421 e. The van der Waals surface area contributed by atoms with E-state index in [4.69, 9.17) is 4.74 Å². The number of unbranched alkanes of at least 4 members (excludes halogenated alkanes) is 1. The number of alkyl halides is 3. The molecule has 2 atom stereocenters. The summed E-state index contributed by atoms with van der Waals surface area (Å²) >= 11 is 0. The quantitative estimate of drug-likeness (QED) is 0.480. The van der Waals surface area contributed by atoms with Crippen molar-refractivity contribution < 1.29 is 22.7 Å². The van der Waals surface area contributed by atoms with Crippen LogP contribution in [-0.2, 0) is 15.7 Å². The summed E-state index contributed by atoms with van der Waals surface area (Å²) in [6.45, 7) is 5.83. The molecule has 2 aliphatic heterocycles. The first-order valence-corrected chi connectivity index (χ1v) is 11.4. The van der Waals surface area contributed by atoms with Crippen LogP contribution in [0, 0.1) is 5.92 Å². The number of aromatic nitrogens is 2. The van der Waals surface area contributed by atoms with Crippen LogP contribution < -0.4 is 10.6 Å². The summed E-state index contributed by atoms with van der Waals surface area (Å²) in [5, 5.41) is 5.87. The normalized spacial score (nSPS) is 21.2. The van der Waals surface area contributed by atoms with Gasteiger partial charge in [-0.25, -0.2) is 4.98 Å². The molecule has 2 unspecified atom stereocenters. The summed E-state index contributed by atoms with van der Waals surface area (Å²) in [6.07, 6.45) is 3.10. The van der Waals surface area contributed by atoms with Crippen molar-refractivity contribution in [2.45, 2.75) is 64.6 Å². The van der Waals surface area contributed by atoms with E-state index in [1.54, 1.807) is 4.90 Å². The van der Waals surface area contributed by atoms with Gasteiger partial charge in [0.2, 0.25) is 11.9 Å². The first-order chi connectivity index (χ1) is 15.3. The van der Waals surface area contributed by atoms with Gasteiger partial charge in [-0.3, -0.25) is 4.79 Å². The summed E-state index contributed by atoms with van der Waals surface area (Å²) in [6, 6.07) is 0.0775. The number of amides is 1. The Kier molecular flexibility index (Phi) is 8.33. The second-order valence-electron chi connectivity index (χ2n) is 8.28. The number of hydrogen-bond donors (Lipinski definition) is 2. The Labute approximate surface area is 186 Å². The molecule has 3 rings (SSSR count). The number of rotatable bonds is 11. The average Bonchev–Trinajstić information content (AvgIpc) is 2.96. The molecule has 2 fully saturated rings. The minimum Gasteiger partial charge on any atom is -0.378 e. The molecule has 10 heteroatoms. The molecular weight excluding hydrogens is 423 g/mol. The summed E-state index contributed by atoms with van der Waals surface area (Å²) in [7, 11) is 0.